The van der Waals surface area contributed by atoms with E-state index in [0.29, 0.717) is 12.2 Å². The van der Waals surface area contributed by atoms with E-state index in [2.05, 4.69) is 22.4 Å². The van der Waals surface area contributed by atoms with Gasteiger partial charge < -0.3 is 5.32 Å². The number of nitrogens with zero attached hydrogens (tertiary/aromatic N) is 2. The van der Waals surface area contributed by atoms with Crippen molar-refractivity contribution in [3.8, 4) is 11.3 Å². The molecule has 26 heavy (non-hydrogen) atoms. The Hall–Kier alpha value is -3.01. The van der Waals surface area contributed by atoms with Gasteiger partial charge in [-0.05, 0) is 24.8 Å². The lowest BCUT2D eigenvalue weighted by Crippen LogP contribution is -2.15. The molecule has 4 heteroatoms. The molecule has 1 amide bonds. The lowest BCUT2D eigenvalue weighted by atomic mass is 10.1. The molecule has 0 radical (unpaired) electrons. The van der Waals surface area contributed by atoms with Crippen LogP contribution in [0.3, 0.4) is 0 Å². The van der Waals surface area contributed by atoms with Crippen LogP contribution in [0.5, 0.6) is 0 Å². The number of amides is 1. The fraction of sp³-hybridized carbons (Fsp3) is 0.227. The van der Waals surface area contributed by atoms with Crippen LogP contribution in [0, 0.1) is 0 Å². The van der Waals surface area contributed by atoms with Gasteiger partial charge >= 0.3 is 0 Å². The van der Waals surface area contributed by atoms with Gasteiger partial charge in [0.15, 0.2) is 5.82 Å². The molecule has 0 aliphatic rings. The molecular formula is C22H23N3O. The lowest BCUT2D eigenvalue weighted by Gasteiger charge is -2.11. The van der Waals surface area contributed by atoms with E-state index in [4.69, 9.17) is 4.98 Å². The van der Waals surface area contributed by atoms with Gasteiger partial charge in [0.25, 0.3) is 0 Å². The molecule has 0 bridgehead atoms. The second kappa shape index (κ2) is 8.90. The van der Waals surface area contributed by atoms with E-state index in [9.17, 15) is 4.79 Å². The van der Waals surface area contributed by atoms with Gasteiger partial charge in [-0.3, -0.25) is 4.79 Å². The van der Waals surface area contributed by atoms with E-state index < -0.39 is 0 Å². The molecular weight excluding hydrogens is 322 g/mol. The van der Waals surface area contributed by atoms with Crippen molar-refractivity contribution in [2.24, 2.45) is 0 Å². The minimum absolute atomic E-state index is 0.0183. The Kier molecular flexibility index (Phi) is 6.09. The number of benzene rings is 2. The lowest BCUT2D eigenvalue weighted by molar-refractivity contribution is -0.116. The third kappa shape index (κ3) is 4.76. The fourth-order valence-electron chi connectivity index (χ4n) is 2.78. The normalized spacial score (nSPS) is 10.5. The molecule has 132 valence electrons. The van der Waals surface area contributed by atoms with Crippen LogP contribution in [0.4, 0.5) is 5.82 Å². The SMILES string of the molecule is CCCC(=O)Nc1ncc(-c2ccccc2)nc1CCc1ccccc1. The molecule has 0 fully saturated rings. The summed E-state index contributed by atoms with van der Waals surface area (Å²) in [5, 5.41) is 2.91. The summed E-state index contributed by atoms with van der Waals surface area (Å²) in [5.74, 6) is 0.550. The van der Waals surface area contributed by atoms with Gasteiger partial charge in [-0.25, -0.2) is 9.97 Å². The minimum atomic E-state index is -0.0183. The number of aromatic nitrogens is 2. The highest BCUT2D eigenvalue weighted by Crippen LogP contribution is 2.21. The summed E-state index contributed by atoms with van der Waals surface area (Å²) in [5.41, 5.74) is 3.90. The third-order valence-electron chi connectivity index (χ3n) is 4.14. The van der Waals surface area contributed by atoms with Crippen molar-refractivity contribution in [3.05, 3.63) is 78.1 Å². The molecule has 0 saturated heterocycles. The predicted octanol–water partition coefficient (Wildman–Crippen LogP) is 4.67. The first-order valence-corrected chi connectivity index (χ1v) is 9.01. The van der Waals surface area contributed by atoms with Gasteiger partial charge in [0.1, 0.15) is 0 Å². The molecule has 0 atom stereocenters. The minimum Gasteiger partial charge on any atom is -0.309 e. The van der Waals surface area contributed by atoms with Crippen LogP contribution in [0.2, 0.25) is 0 Å². The summed E-state index contributed by atoms with van der Waals surface area (Å²) in [7, 11) is 0. The quantitative estimate of drug-likeness (QED) is 0.677. The summed E-state index contributed by atoms with van der Waals surface area (Å²) >= 11 is 0. The Morgan fingerprint density at radius 2 is 1.65 bits per heavy atom. The summed E-state index contributed by atoms with van der Waals surface area (Å²) < 4.78 is 0. The number of rotatable bonds is 7. The highest BCUT2D eigenvalue weighted by molar-refractivity contribution is 5.90. The molecule has 1 heterocycles. The molecule has 4 nitrogen and oxygen atoms in total. The predicted molar refractivity (Wildman–Crippen MR) is 105 cm³/mol. The Morgan fingerprint density at radius 3 is 2.35 bits per heavy atom. The highest BCUT2D eigenvalue weighted by Gasteiger charge is 2.12. The zero-order chi connectivity index (χ0) is 18.2. The average molecular weight is 345 g/mol. The maximum absolute atomic E-state index is 12.0. The number of aryl methyl sites for hydroxylation is 2. The Morgan fingerprint density at radius 1 is 0.962 bits per heavy atom. The van der Waals surface area contributed by atoms with Crippen molar-refractivity contribution < 1.29 is 4.79 Å². The van der Waals surface area contributed by atoms with Gasteiger partial charge in [-0.1, -0.05) is 67.6 Å². The van der Waals surface area contributed by atoms with Crippen molar-refractivity contribution >= 4 is 11.7 Å². The van der Waals surface area contributed by atoms with Crippen LogP contribution >= 0.6 is 0 Å². The zero-order valence-electron chi connectivity index (χ0n) is 15.0. The van der Waals surface area contributed by atoms with Crippen molar-refractivity contribution in [2.75, 3.05) is 5.32 Å². The van der Waals surface area contributed by atoms with Crippen LogP contribution in [0.1, 0.15) is 31.0 Å². The standard InChI is InChI=1S/C22H23N3O/c1-2-9-21(26)25-22-19(15-14-17-10-5-3-6-11-17)24-20(16-23-22)18-12-7-4-8-13-18/h3-8,10-13,16H,2,9,14-15H2,1H3,(H,23,25,26). The summed E-state index contributed by atoms with van der Waals surface area (Å²) in [6, 6.07) is 20.3. The monoisotopic (exact) mass is 345 g/mol. The maximum atomic E-state index is 12.0. The molecule has 3 rings (SSSR count). The zero-order valence-corrected chi connectivity index (χ0v) is 15.0. The highest BCUT2D eigenvalue weighted by atomic mass is 16.1. The van der Waals surface area contributed by atoms with Gasteiger partial charge in [0, 0.05) is 12.0 Å². The third-order valence-corrected chi connectivity index (χ3v) is 4.14. The van der Waals surface area contributed by atoms with Gasteiger partial charge in [-0.15, -0.1) is 0 Å². The molecule has 2 aromatic carbocycles. The number of hydrogen-bond acceptors (Lipinski definition) is 3. The number of anilines is 1. The van der Waals surface area contributed by atoms with Crippen molar-refractivity contribution in [1.82, 2.24) is 9.97 Å². The van der Waals surface area contributed by atoms with Crippen molar-refractivity contribution in [1.29, 1.82) is 0 Å². The molecule has 1 N–H and O–H groups in total. The molecule has 0 aliphatic heterocycles. The van der Waals surface area contributed by atoms with Crippen LogP contribution in [-0.2, 0) is 17.6 Å². The smallest absolute Gasteiger partial charge is 0.225 e. The average Bonchev–Trinajstić information content (AvgIpc) is 2.69. The second-order valence-corrected chi connectivity index (χ2v) is 6.20. The van der Waals surface area contributed by atoms with Crippen LogP contribution < -0.4 is 5.32 Å². The van der Waals surface area contributed by atoms with Gasteiger partial charge in [-0.2, -0.15) is 0 Å². The summed E-state index contributed by atoms with van der Waals surface area (Å²) in [6.45, 7) is 1.99. The fourth-order valence-corrected chi connectivity index (χ4v) is 2.78. The number of carbonyl (C=O) groups excluding carboxylic acids is 1. The van der Waals surface area contributed by atoms with E-state index in [1.54, 1.807) is 6.20 Å². The molecule has 0 spiro atoms. The first-order chi connectivity index (χ1) is 12.8. The largest absolute Gasteiger partial charge is 0.309 e. The Bertz CT molecular complexity index is 848. The van der Waals surface area contributed by atoms with E-state index in [-0.39, 0.29) is 5.91 Å². The topological polar surface area (TPSA) is 54.9 Å². The van der Waals surface area contributed by atoms with Crippen LogP contribution in [0.15, 0.2) is 66.9 Å². The Balaban J connectivity index is 1.86. The van der Waals surface area contributed by atoms with Crippen LogP contribution in [-0.4, -0.2) is 15.9 Å². The Labute approximate surface area is 154 Å². The second-order valence-electron chi connectivity index (χ2n) is 6.20. The molecule has 0 saturated carbocycles. The van der Waals surface area contributed by atoms with E-state index in [1.807, 2.05) is 55.5 Å². The first kappa shape index (κ1) is 17.8. The van der Waals surface area contributed by atoms with Crippen molar-refractivity contribution in [2.45, 2.75) is 32.6 Å². The number of carbonyl (C=O) groups is 1. The van der Waals surface area contributed by atoms with E-state index in [1.165, 1.54) is 5.56 Å². The van der Waals surface area contributed by atoms with Crippen LogP contribution in [0.25, 0.3) is 11.3 Å². The molecule has 0 aliphatic carbocycles. The molecule has 3 aromatic rings. The van der Waals surface area contributed by atoms with Gasteiger partial charge in [0.2, 0.25) is 5.91 Å². The number of hydrogen-bond donors (Lipinski definition) is 1. The summed E-state index contributed by atoms with van der Waals surface area (Å²) in [6.07, 6.45) is 4.59. The number of nitrogens with one attached hydrogen (secondary N) is 1. The maximum Gasteiger partial charge on any atom is 0.225 e. The van der Waals surface area contributed by atoms with E-state index >= 15 is 0 Å². The molecule has 0 unspecified atom stereocenters. The first-order valence-electron chi connectivity index (χ1n) is 9.01. The van der Waals surface area contributed by atoms with Gasteiger partial charge in [0.05, 0.1) is 17.6 Å². The summed E-state index contributed by atoms with van der Waals surface area (Å²) in [4.78, 5) is 21.3. The molecule has 1 aromatic heterocycles. The van der Waals surface area contributed by atoms with Crippen molar-refractivity contribution in [3.63, 3.8) is 0 Å². The van der Waals surface area contributed by atoms with E-state index in [0.717, 1.165) is 36.2 Å².